The first kappa shape index (κ1) is 21.2. The standard InChI is InChI=1S/C23H18ClN7O/c1-14(16-7-8-26-19(9-16)11-25)28-23(32)21-10-20(15-3-5-18(24)6-4-15)29-22(30-21)17-12-27-31(2)13-17/h3-10,12-14H,1-2H3,(H,28,32). The van der Waals surface area contributed by atoms with Gasteiger partial charge in [0.15, 0.2) is 5.82 Å². The zero-order valence-electron chi connectivity index (χ0n) is 17.3. The van der Waals surface area contributed by atoms with Crippen molar-refractivity contribution >= 4 is 17.5 Å². The number of pyridine rings is 1. The van der Waals surface area contributed by atoms with Gasteiger partial charge in [-0.1, -0.05) is 23.7 Å². The van der Waals surface area contributed by atoms with Gasteiger partial charge in [0.05, 0.1) is 23.5 Å². The summed E-state index contributed by atoms with van der Waals surface area (Å²) in [7, 11) is 1.80. The second-order valence-corrected chi connectivity index (χ2v) is 7.59. The fraction of sp³-hybridized carbons (Fsp3) is 0.130. The van der Waals surface area contributed by atoms with Crippen molar-refractivity contribution in [1.82, 2.24) is 30.0 Å². The molecule has 0 fully saturated rings. The molecule has 9 heteroatoms. The summed E-state index contributed by atoms with van der Waals surface area (Å²) < 4.78 is 1.64. The summed E-state index contributed by atoms with van der Waals surface area (Å²) in [5.41, 5.74) is 3.35. The van der Waals surface area contributed by atoms with E-state index in [1.807, 2.05) is 25.1 Å². The van der Waals surface area contributed by atoms with E-state index >= 15 is 0 Å². The van der Waals surface area contributed by atoms with Crippen LogP contribution in [0.3, 0.4) is 0 Å². The molecule has 3 heterocycles. The SMILES string of the molecule is CC(NC(=O)c1cc(-c2ccc(Cl)cc2)nc(-c2cnn(C)c2)n1)c1ccnc(C#N)c1. The molecular formula is C23H18ClN7O. The van der Waals surface area contributed by atoms with E-state index in [9.17, 15) is 4.79 Å². The molecule has 0 aliphatic heterocycles. The van der Waals surface area contributed by atoms with Crippen LogP contribution in [0, 0.1) is 11.3 Å². The van der Waals surface area contributed by atoms with Crippen LogP contribution in [-0.2, 0) is 7.05 Å². The van der Waals surface area contributed by atoms with Crippen LogP contribution >= 0.6 is 11.6 Å². The average Bonchev–Trinajstić information content (AvgIpc) is 3.25. The van der Waals surface area contributed by atoms with E-state index in [1.165, 1.54) is 0 Å². The lowest BCUT2D eigenvalue weighted by Crippen LogP contribution is -2.28. The van der Waals surface area contributed by atoms with Crippen LogP contribution < -0.4 is 5.32 Å². The van der Waals surface area contributed by atoms with Gasteiger partial charge in [-0.3, -0.25) is 9.48 Å². The predicted molar refractivity (Wildman–Crippen MR) is 120 cm³/mol. The van der Waals surface area contributed by atoms with Crippen LogP contribution in [0.4, 0.5) is 0 Å². The highest BCUT2D eigenvalue weighted by molar-refractivity contribution is 6.30. The van der Waals surface area contributed by atoms with Gasteiger partial charge in [0, 0.05) is 30.0 Å². The quantitative estimate of drug-likeness (QED) is 0.500. The Balaban J connectivity index is 1.70. The van der Waals surface area contributed by atoms with Crippen molar-refractivity contribution in [3.63, 3.8) is 0 Å². The Kier molecular flexibility index (Phi) is 5.92. The van der Waals surface area contributed by atoms with Gasteiger partial charge < -0.3 is 5.32 Å². The topological polar surface area (TPSA) is 109 Å². The molecule has 0 bridgehead atoms. The summed E-state index contributed by atoms with van der Waals surface area (Å²) in [5.74, 6) is 0.0228. The lowest BCUT2D eigenvalue weighted by atomic mass is 10.1. The van der Waals surface area contributed by atoms with Gasteiger partial charge in [-0.2, -0.15) is 10.4 Å². The second kappa shape index (κ2) is 8.96. The Morgan fingerprint density at radius 1 is 1.16 bits per heavy atom. The summed E-state index contributed by atoms with van der Waals surface area (Å²) in [6.07, 6.45) is 4.97. The zero-order valence-corrected chi connectivity index (χ0v) is 18.1. The molecule has 0 aliphatic carbocycles. The summed E-state index contributed by atoms with van der Waals surface area (Å²) in [4.78, 5) is 26.2. The van der Waals surface area contributed by atoms with Gasteiger partial charge in [0.25, 0.3) is 5.91 Å². The molecule has 1 atom stereocenters. The molecule has 4 rings (SSSR count). The van der Waals surface area contributed by atoms with E-state index in [-0.39, 0.29) is 23.3 Å². The van der Waals surface area contributed by atoms with Crippen molar-refractivity contribution in [2.75, 3.05) is 0 Å². The smallest absolute Gasteiger partial charge is 0.270 e. The number of nitriles is 1. The highest BCUT2D eigenvalue weighted by Gasteiger charge is 2.18. The number of rotatable bonds is 5. The molecule has 1 aromatic carbocycles. The lowest BCUT2D eigenvalue weighted by Gasteiger charge is -2.15. The minimum absolute atomic E-state index is 0.213. The van der Waals surface area contributed by atoms with Crippen LogP contribution in [0.25, 0.3) is 22.6 Å². The molecule has 1 N–H and O–H groups in total. The number of halogens is 1. The van der Waals surface area contributed by atoms with E-state index < -0.39 is 0 Å². The Bertz CT molecular complexity index is 1320. The van der Waals surface area contributed by atoms with Crippen molar-refractivity contribution in [2.45, 2.75) is 13.0 Å². The number of nitrogens with zero attached hydrogens (tertiary/aromatic N) is 6. The molecule has 158 valence electrons. The molecule has 0 saturated heterocycles. The molecule has 4 aromatic rings. The first-order chi connectivity index (χ1) is 15.4. The van der Waals surface area contributed by atoms with E-state index in [1.54, 1.807) is 60.7 Å². The number of carbonyl (C=O) groups is 1. The molecule has 8 nitrogen and oxygen atoms in total. The molecule has 0 radical (unpaired) electrons. The Hall–Kier alpha value is -4.09. The van der Waals surface area contributed by atoms with Crippen LogP contribution in [0.1, 0.15) is 34.7 Å². The number of carbonyl (C=O) groups excluding carboxylic acids is 1. The van der Waals surface area contributed by atoms with Gasteiger partial charge in [-0.25, -0.2) is 15.0 Å². The molecule has 3 aromatic heterocycles. The van der Waals surface area contributed by atoms with Crippen LogP contribution in [0.5, 0.6) is 0 Å². The Labute approximate surface area is 189 Å². The monoisotopic (exact) mass is 443 g/mol. The fourth-order valence-electron chi connectivity index (χ4n) is 3.13. The fourth-order valence-corrected chi connectivity index (χ4v) is 3.26. The normalized spacial score (nSPS) is 11.6. The highest BCUT2D eigenvalue weighted by atomic mass is 35.5. The maximum Gasteiger partial charge on any atom is 0.270 e. The predicted octanol–water partition coefficient (Wildman–Crippen LogP) is 3.96. The van der Waals surface area contributed by atoms with Crippen molar-refractivity contribution in [3.05, 3.63) is 83.0 Å². The van der Waals surface area contributed by atoms with E-state index in [4.69, 9.17) is 16.9 Å². The van der Waals surface area contributed by atoms with Gasteiger partial charge in [0.1, 0.15) is 17.5 Å². The van der Waals surface area contributed by atoms with Crippen LogP contribution in [-0.4, -0.2) is 30.6 Å². The third-order valence-corrected chi connectivity index (χ3v) is 5.06. The number of aromatic nitrogens is 5. The highest BCUT2D eigenvalue weighted by Crippen LogP contribution is 2.24. The van der Waals surface area contributed by atoms with Gasteiger partial charge >= 0.3 is 0 Å². The van der Waals surface area contributed by atoms with Gasteiger partial charge in [-0.05, 0) is 42.8 Å². The lowest BCUT2D eigenvalue weighted by molar-refractivity contribution is 0.0935. The minimum atomic E-state index is -0.365. The van der Waals surface area contributed by atoms with Gasteiger partial charge in [-0.15, -0.1) is 0 Å². The van der Waals surface area contributed by atoms with Crippen molar-refractivity contribution in [3.8, 4) is 28.7 Å². The van der Waals surface area contributed by atoms with Crippen molar-refractivity contribution in [1.29, 1.82) is 5.26 Å². The molecule has 0 spiro atoms. The first-order valence-corrected chi connectivity index (χ1v) is 10.1. The maximum atomic E-state index is 13.1. The molecular weight excluding hydrogens is 426 g/mol. The number of hydrogen-bond donors (Lipinski definition) is 1. The van der Waals surface area contributed by atoms with Crippen molar-refractivity contribution in [2.24, 2.45) is 7.05 Å². The van der Waals surface area contributed by atoms with Crippen LogP contribution in [0.15, 0.2) is 61.1 Å². The summed E-state index contributed by atoms with van der Waals surface area (Å²) in [6.45, 7) is 1.83. The zero-order chi connectivity index (χ0) is 22.7. The molecule has 0 aliphatic rings. The minimum Gasteiger partial charge on any atom is -0.344 e. The number of hydrogen-bond acceptors (Lipinski definition) is 6. The molecule has 32 heavy (non-hydrogen) atoms. The molecule has 1 amide bonds. The molecule has 0 saturated carbocycles. The average molecular weight is 444 g/mol. The largest absolute Gasteiger partial charge is 0.344 e. The first-order valence-electron chi connectivity index (χ1n) is 9.74. The summed E-state index contributed by atoms with van der Waals surface area (Å²) in [6, 6.07) is 13.9. The van der Waals surface area contributed by atoms with E-state index in [0.717, 1.165) is 11.1 Å². The Morgan fingerprint density at radius 3 is 2.62 bits per heavy atom. The van der Waals surface area contributed by atoms with E-state index in [2.05, 4.69) is 25.4 Å². The molecule has 1 unspecified atom stereocenters. The maximum absolute atomic E-state index is 13.1. The van der Waals surface area contributed by atoms with Crippen LogP contribution in [0.2, 0.25) is 5.02 Å². The second-order valence-electron chi connectivity index (χ2n) is 7.15. The summed E-state index contributed by atoms with van der Waals surface area (Å²) in [5, 5.41) is 16.8. The third-order valence-electron chi connectivity index (χ3n) is 4.81. The number of nitrogens with one attached hydrogen (secondary N) is 1. The Morgan fingerprint density at radius 2 is 1.94 bits per heavy atom. The number of aryl methyl sites for hydroxylation is 1. The summed E-state index contributed by atoms with van der Waals surface area (Å²) >= 11 is 6.02. The van der Waals surface area contributed by atoms with Gasteiger partial charge in [0.2, 0.25) is 0 Å². The van der Waals surface area contributed by atoms with Crippen molar-refractivity contribution < 1.29 is 4.79 Å². The van der Waals surface area contributed by atoms with E-state index in [0.29, 0.717) is 22.1 Å². The number of benzene rings is 1. The third kappa shape index (κ3) is 4.63. The number of amides is 1.